The Hall–Kier alpha value is -2.37. The molecule has 0 radical (unpaired) electrons. The molecule has 0 bridgehead atoms. The highest BCUT2D eigenvalue weighted by molar-refractivity contribution is 7.13. The van der Waals surface area contributed by atoms with E-state index in [1.165, 1.54) is 11.3 Å². The van der Waals surface area contributed by atoms with Crippen LogP contribution in [0.2, 0.25) is 4.47 Å². The summed E-state index contributed by atoms with van der Waals surface area (Å²) >= 11 is 7.25. The molecule has 2 aliphatic rings. The number of carbonyl (C=O) groups is 1. The van der Waals surface area contributed by atoms with E-state index in [4.69, 9.17) is 21.1 Å². The summed E-state index contributed by atoms with van der Waals surface area (Å²) < 4.78 is 11.9. The maximum atomic E-state index is 12.6. The maximum Gasteiger partial charge on any atom is 0.414 e. The Morgan fingerprint density at radius 2 is 2.16 bits per heavy atom. The summed E-state index contributed by atoms with van der Waals surface area (Å²) in [7, 11) is 0. The van der Waals surface area contributed by atoms with Crippen LogP contribution in [0.1, 0.15) is 51.1 Å². The Morgan fingerprint density at radius 3 is 2.89 bits per heavy atom. The Bertz CT molecular complexity index is 1240. The molecule has 2 fully saturated rings. The van der Waals surface area contributed by atoms with Crippen molar-refractivity contribution >= 4 is 39.9 Å². The number of likely N-dealkylation sites (tertiary alicyclic amines) is 1. The number of benzene rings is 1. The van der Waals surface area contributed by atoms with Gasteiger partial charge in [-0.15, -0.1) is 11.3 Å². The normalized spacial score (nSPS) is 26.4. The van der Waals surface area contributed by atoms with Crippen LogP contribution in [0, 0.1) is 5.92 Å². The molecule has 11 heteroatoms. The van der Waals surface area contributed by atoms with E-state index in [1.54, 1.807) is 6.07 Å². The fourth-order valence-electron chi connectivity index (χ4n) is 5.42. The van der Waals surface area contributed by atoms with E-state index in [0.717, 1.165) is 42.7 Å². The van der Waals surface area contributed by atoms with E-state index in [2.05, 4.69) is 27.1 Å². The summed E-state index contributed by atoms with van der Waals surface area (Å²) in [4.78, 5) is 22.3. The third-order valence-corrected chi connectivity index (χ3v) is 8.80. The smallest absolute Gasteiger partial charge is 0.414 e. The monoisotopic (exact) mass is 562 g/mol. The van der Waals surface area contributed by atoms with Gasteiger partial charge in [0.25, 0.3) is 0 Å². The molecule has 1 aliphatic carbocycles. The first-order chi connectivity index (χ1) is 18.3. The van der Waals surface area contributed by atoms with Gasteiger partial charge in [-0.1, -0.05) is 24.6 Å². The fourth-order valence-corrected chi connectivity index (χ4v) is 6.18. The Kier molecular flexibility index (Phi) is 8.44. The van der Waals surface area contributed by atoms with Crippen LogP contribution in [0.4, 0.5) is 4.79 Å². The zero-order chi connectivity index (χ0) is 26.7. The molecule has 1 aliphatic heterocycles. The van der Waals surface area contributed by atoms with Crippen molar-refractivity contribution in [1.29, 1.82) is 0 Å². The lowest BCUT2D eigenvalue weighted by atomic mass is 9.80. The van der Waals surface area contributed by atoms with Crippen molar-refractivity contribution in [2.75, 3.05) is 19.6 Å². The van der Waals surface area contributed by atoms with Gasteiger partial charge in [-0.3, -0.25) is 0 Å². The lowest BCUT2D eigenvalue weighted by molar-refractivity contribution is -0.0271. The molecule has 3 heterocycles. The minimum absolute atomic E-state index is 0.0406. The summed E-state index contributed by atoms with van der Waals surface area (Å²) in [5, 5.41) is 26.6. The first-order valence-corrected chi connectivity index (χ1v) is 14.5. The number of H-pyrrole nitrogens is 1. The van der Waals surface area contributed by atoms with Crippen LogP contribution in [0.15, 0.2) is 29.6 Å². The van der Waals surface area contributed by atoms with Gasteiger partial charge in [0.2, 0.25) is 5.88 Å². The van der Waals surface area contributed by atoms with E-state index >= 15 is 0 Å². The van der Waals surface area contributed by atoms with Crippen molar-refractivity contribution in [2.45, 2.75) is 69.8 Å². The second-order valence-electron chi connectivity index (χ2n) is 10.6. The number of carbonyl (C=O) groups excluding carboxylic acids is 1. The van der Waals surface area contributed by atoms with Crippen LogP contribution >= 0.6 is 22.9 Å². The van der Waals surface area contributed by atoms with E-state index in [-0.39, 0.29) is 18.1 Å². The lowest BCUT2D eigenvalue weighted by Crippen LogP contribution is -2.47. The average Bonchev–Trinajstić information content (AvgIpc) is 3.50. The van der Waals surface area contributed by atoms with Gasteiger partial charge < -0.3 is 34.9 Å². The zero-order valence-corrected chi connectivity index (χ0v) is 23.1. The average molecular weight is 563 g/mol. The molecule has 3 aromatic rings. The first kappa shape index (κ1) is 27.2. The highest BCUT2D eigenvalue weighted by atomic mass is 35.5. The molecule has 1 amide bonds. The van der Waals surface area contributed by atoms with E-state index in [0.29, 0.717) is 54.8 Å². The quantitative estimate of drug-likeness (QED) is 0.314. The SMILES string of the molecule is C[C@H]1CN(CCC2(O)CCC(NC(=O)Oc3cc4c(OCc5csc(Cl)n5)cccc4[nH]3)CC2)CC[C@@H]1O. The van der Waals surface area contributed by atoms with Gasteiger partial charge in [0.05, 0.1) is 22.9 Å². The number of piperidine rings is 1. The van der Waals surface area contributed by atoms with Crippen molar-refractivity contribution in [3.8, 4) is 11.6 Å². The van der Waals surface area contributed by atoms with Crippen LogP contribution < -0.4 is 14.8 Å². The van der Waals surface area contributed by atoms with Gasteiger partial charge in [-0.25, -0.2) is 9.78 Å². The van der Waals surface area contributed by atoms with Crippen molar-refractivity contribution in [3.05, 3.63) is 39.8 Å². The third-order valence-electron chi connectivity index (χ3n) is 7.78. The number of amides is 1. The number of halogens is 1. The van der Waals surface area contributed by atoms with E-state index in [9.17, 15) is 15.0 Å². The summed E-state index contributed by atoms with van der Waals surface area (Å²) in [5.74, 6) is 1.25. The molecule has 1 aromatic carbocycles. The summed E-state index contributed by atoms with van der Waals surface area (Å²) in [5.41, 5.74) is 0.837. The number of aromatic amines is 1. The number of aliphatic hydroxyl groups is 2. The number of ether oxygens (including phenoxy) is 2. The molecule has 0 spiro atoms. The molecule has 4 N–H and O–H groups in total. The Balaban J connectivity index is 1.09. The lowest BCUT2D eigenvalue weighted by Gasteiger charge is -2.39. The minimum atomic E-state index is -0.709. The molecule has 0 unspecified atom stereocenters. The van der Waals surface area contributed by atoms with Crippen molar-refractivity contribution in [1.82, 2.24) is 20.2 Å². The van der Waals surface area contributed by atoms with Crippen molar-refractivity contribution in [3.63, 3.8) is 0 Å². The molecule has 1 saturated heterocycles. The maximum absolute atomic E-state index is 12.6. The van der Waals surface area contributed by atoms with Crippen LogP contribution in [-0.2, 0) is 6.61 Å². The summed E-state index contributed by atoms with van der Waals surface area (Å²) in [6.45, 7) is 4.94. The van der Waals surface area contributed by atoms with Crippen LogP contribution in [0.25, 0.3) is 10.9 Å². The highest BCUT2D eigenvalue weighted by Gasteiger charge is 2.35. The molecular weight excluding hydrogens is 528 g/mol. The zero-order valence-electron chi connectivity index (χ0n) is 21.5. The number of thiazole rings is 1. The Labute approximate surface area is 231 Å². The summed E-state index contributed by atoms with van der Waals surface area (Å²) in [6, 6.07) is 7.32. The predicted molar refractivity (Wildman–Crippen MR) is 147 cm³/mol. The largest absolute Gasteiger partial charge is 0.487 e. The van der Waals surface area contributed by atoms with Crippen molar-refractivity contribution in [2.24, 2.45) is 5.92 Å². The van der Waals surface area contributed by atoms with Gasteiger partial charge in [0, 0.05) is 42.5 Å². The molecule has 206 valence electrons. The standard InChI is InChI=1S/C27H35ClN4O5S/c1-17-14-32(11-7-22(17)33)12-10-27(35)8-5-18(6-9-27)30-26(34)37-24-13-20-21(31-24)3-2-4-23(20)36-15-19-16-38-25(28)29-19/h2-4,13,16-18,22,31,33,35H,5-12,14-15H2,1H3,(H,30,34)/t17-,18?,22-,27?/m0/s1. The van der Waals surface area contributed by atoms with E-state index in [1.807, 2.05) is 23.6 Å². The van der Waals surface area contributed by atoms with Gasteiger partial charge in [0.1, 0.15) is 12.4 Å². The molecule has 5 rings (SSSR count). The number of fused-ring (bicyclic) bond motifs is 1. The molecule has 1 saturated carbocycles. The number of rotatable bonds is 8. The van der Waals surface area contributed by atoms with Gasteiger partial charge in [-0.05, 0) is 56.6 Å². The third kappa shape index (κ3) is 6.79. The van der Waals surface area contributed by atoms with Crippen LogP contribution in [-0.4, -0.2) is 68.6 Å². The minimum Gasteiger partial charge on any atom is -0.487 e. The fraction of sp³-hybridized carbons (Fsp3) is 0.556. The molecular formula is C27H35ClN4O5S. The van der Waals surface area contributed by atoms with Crippen LogP contribution in [0.5, 0.6) is 11.6 Å². The highest BCUT2D eigenvalue weighted by Crippen LogP contribution is 2.33. The number of hydrogen-bond donors (Lipinski definition) is 4. The topological polar surface area (TPSA) is 120 Å². The number of hydrogen-bond acceptors (Lipinski definition) is 8. The molecule has 2 aromatic heterocycles. The van der Waals surface area contributed by atoms with Gasteiger partial charge >= 0.3 is 6.09 Å². The second-order valence-corrected chi connectivity index (χ2v) is 12.1. The molecule has 2 atom stereocenters. The van der Waals surface area contributed by atoms with E-state index < -0.39 is 11.7 Å². The number of nitrogens with one attached hydrogen (secondary N) is 2. The van der Waals surface area contributed by atoms with Crippen molar-refractivity contribution < 1.29 is 24.5 Å². The second kappa shape index (κ2) is 11.8. The Morgan fingerprint density at radius 1 is 1.34 bits per heavy atom. The predicted octanol–water partition coefficient (Wildman–Crippen LogP) is 4.71. The molecule has 9 nitrogen and oxygen atoms in total. The number of aliphatic hydroxyl groups excluding tert-OH is 1. The van der Waals surface area contributed by atoms with Gasteiger partial charge in [-0.2, -0.15) is 0 Å². The number of aromatic nitrogens is 2. The first-order valence-electron chi connectivity index (χ1n) is 13.2. The summed E-state index contributed by atoms with van der Waals surface area (Å²) in [6.07, 6.45) is 3.44. The molecule has 38 heavy (non-hydrogen) atoms. The van der Waals surface area contributed by atoms with Gasteiger partial charge in [0.15, 0.2) is 4.47 Å². The van der Waals surface area contributed by atoms with Crippen LogP contribution in [0.3, 0.4) is 0 Å². The number of nitrogens with zero attached hydrogens (tertiary/aromatic N) is 2.